The van der Waals surface area contributed by atoms with Crippen LogP contribution in [0.2, 0.25) is 0 Å². The molecule has 0 spiro atoms. The third-order valence-electron chi connectivity index (χ3n) is 1.85. The molecular weight excluding hydrogens is 571 g/mol. The number of hydrogen-bond donors (Lipinski definition) is 3. The molecule has 1 saturated heterocycles. The summed E-state index contributed by atoms with van der Waals surface area (Å²) in [5, 5.41) is 14.4. The van der Waals surface area contributed by atoms with E-state index in [1.165, 1.54) is 0 Å². The number of rotatable bonds is 0. The Morgan fingerprint density at radius 1 is 0.424 bits per heavy atom. The van der Waals surface area contributed by atoms with Crippen LogP contribution in [-0.4, -0.2) is 52.4 Å². The average molecular weight is 598 g/mol. The molecule has 1 aliphatic rings. The maximum atomic E-state index is 9.58. The molecule has 0 atom stereocenters. The summed E-state index contributed by atoms with van der Waals surface area (Å²) in [4.78, 5) is 0. The van der Waals surface area contributed by atoms with Crippen LogP contribution >= 0.6 is 24.8 Å². The molecule has 212 valence electrons. The Hall–Kier alpha value is 0.294. The Kier molecular flexibility index (Phi) is 95.5. The first-order valence-electron chi connectivity index (χ1n) is 7.02. The molecule has 1 heterocycles. The molecule has 0 aromatic heterocycles. The Bertz CT molecular complexity index is 194. The van der Waals surface area contributed by atoms with Crippen molar-refractivity contribution in [3.8, 4) is 0 Å². The van der Waals surface area contributed by atoms with Gasteiger partial charge in [-0.3, -0.25) is 0 Å². The van der Waals surface area contributed by atoms with Crippen molar-refractivity contribution in [3.63, 3.8) is 0 Å². The zero-order valence-electron chi connectivity index (χ0n) is 17.5. The summed E-state index contributed by atoms with van der Waals surface area (Å²) in [7, 11) is 0. The Labute approximate surface area is 214 Å². The van der Waals surface area contributed by atoms with Crippen molar-refractivity contribution in [2.75, 3.05) is 52.4 Å². The van der Waals surface area contributed by atoms with E-state index in [1.807, 2.05) is 0 Å². The van der Waals surface area contributed by atoms with Gasteiger partial charge in [0, 0.05) is 47.9 Å². The molecule has 0 bridgehead atoms. The van der Waals surface area contributed by atoms with E-state index in [0.29, 0.717) is 0 Å². The van der Waals surface area contributed by atoms with E-state index in [-0.39, 0.29) is 61.4 Å². The average Bonchev–Trinajstić information content (AvgIpc) is 2.45. The minimum Gasteiger partial charge on any atom is -0.660 e. The van der Waals surface area contributed by atoms with E-state index >= 15 is 0 Å². The van der Waals surface area contributed by atoms with Gasteiger partial charge in [-0.1, -0.05) is 0 Å². The van der Waals surface area contributed by atoms with Crippen molar-refractivity contribution in [2.24, 2.45) is 0 Å². The predicted octanol–water partition coefficient (Wildman–Crippen LogP) is 6.25. The van der Waals surface area contributed by atoms with E-state index in [0.717, 1.165) is 52.4 Å². The van der Waals surface area contributed by atoms with Gasteiger partial charge in [0.25, 0.3) is 0 Å². The van der Waals surface area contributed by atoms with Gasteiger partial charge in [0.15, 0.2) is 26.7 Å². The van der Waals surface area contributed by atoms with Crippen LogP contribution in [0.15, 0.2) is 0 Å². The van der Waals surface area contributed by atoms with E-state index in [1.54, 1.807) is 0 Å². The molecule has 4 nitrogen and oxygen atoms in total. The fourth-order valence-corrected chi connectivity index (χ4v) is 1.16. The summed E-state index contributed by atoms with van der Waals surface area (Å²) in [6.07, 6.45) is 0. The summed E-state index contributed by atoms with van der Waals surface area (Å²) in [6, 6.07) is 0. The molecule has 0 radical (unpaired) electrons. The van der Waals surface area contributed by atoms with E-state index < -0.39 is 26.7 Å². The molecule has 33 heavy (non-hydrogen) atoms. The predicted molar refractivity (Wildman–Crippen MR) is 105 cm³/mol. The second-order valence-corrected chi connectivity index (χ2v) is 3.78. The van der Waals surface area contributed by atoms with Crippen LogP contribution < -0.4 is 16.0 Å². The molecule has 0 saturated carbocycles. The summed E-state index contributed by atoms with van der Waals surface area (Å²) in [5.74, 6) is 0. The van der Waals surface area contributed by atoms with E-state index in [2.05, 4.69) is 21.3 Å². The molecule has 3 N–H and O–H groups in total. The summed E-state index contributed by atoms with van der Waals surface area (Å²) in [6.45, 7) is -4.19. The maximum Gasteiger partial charge on any atom is 0.154 e. The zero-order valence-corrected chi connectivity index (χ0v) is 20.7. The summed E-state index contributed by atoms with van der Waals surface area (Å²) in [5.41, 5.74) is 0. The van der Waals surface area contributed by atoms with Crippen LogP contribution in [0.4, 0.5) is 52.7 Å². The minimum absolute atomic E-state index is 0. The molecule has 0 unspecified atom stereocenters. The van der Waals surface area contributed by atoms with Crippen molar-refractivity contribution in [1.82, 2.24) is 16.0 Å². The Balaban J connectivity index is -0.0000000338. The van der Waals surface area contributed by atoms with Gasteiger partial charge in [-0.2, -0.15) is 0 Å². The molecule has 1 aliphatic heterocycles. The van der Waals surface area contributed by atoms with Crippen LogP contribution in [0, 0.1) is 41.6 Å². The Morgan fingerprint density at radius 2 is 0.576 bits per heavy atom. The number of hydrogen-bond acceptors (Lipinski definition) is 3. The number of halogens is 14. The second-order valence-electron chi connectivity index (χ2n) is 3.78. The zero-order chi connectivity index (χ0) is 22.8. The van der Waals surface area contributed by atoms with Gasteiger partial charge in [-0.25, -0.2) is 0 Å². The third kappa shape index (κ3) is 196. The topological polar surface area (TPSA) is 50.2 Å². The second kappa shape index (κ2) is 53.6. The van der Waals surface area contributed by atoms with Crippen molar-refractivity contribution in [2.45, 2.75) is 0 Å². The van der Waals surface area contributed by atoms with Gasteiger partial charge < -0.3 is 88.8 Å². The van der Waals surface area contributed by atoms with Crippen molar-refractivity contribution in [1.29, 1.82) is 0 Å². The van der Waals surface area contributed by atoms with Gasteiger partial charge in [-0.15, -0.1) is 37.9 Å². The summed E-state index contributed by atoms with van der Waals surface area (Å²) >= 11 is 0. The standard InChI is InChI=1S/C8H19N4.4CF3.2CH3.2ClH.Ti/c1-2-10-5-6-12-8-7-11-4-3-9-1;4*2-1(3)4;;;;;/h9-11H,1-8H2;;;;;2*1H3;2*1H;/q7*-1;;;. The van der Waals surface area contributed by atoms with Crippen LogP contribution in [0.25, 0.3) is 5.32 Å². The van der Waals surface area contributed by atoms with Gasteiger partial charge >= 0.3 is 0 Å². The molecule has 0 aromatic rings. The molecule has 1 rings (SSSR count). The normalized spacial score (nSPS) is 13.1. The molecule has 0 amide bonds. The smallest absolute Gasteiger partial charge is 0.154 e. The van der Waals surface area contributed by atoms with Crippen molar-refractivity contribution < 1.29 is 74.4 Å². The monoisotopic (exact) mass is 597 g/mol. The van der Waals surface area contributed by atoms with Crippen LogP contribution in [-0.2, 0) is 21.7 Å². The van der Waals surface area contributed by atoms with Gasteiger partial charge in [0.1, 0.15) is 0 Å². The first kappa shape index (κ1) is 58.8. The van der Waals surface area contributed by atoms with Crippen LogP contribution in [0.3, 0.4) is 0 Å². The number of nitrogens with zero attached hydrogens (tertiary/aromatic N) is 1. The van der Waals surface area contributed by atoms with Gasteiger partial charge in [0.2, 0.25) is 0 Å². The molecule has 19 heteroatoms. The van der Waals surface area contributed by atoms with Crippen molar-refractivity contribution in [3.05, 3.63) is 46.9 Å². The van der Waals surface area contributed by atoms with E-state index in [4.69, 9.17) is 0 Å². The largest absolute Gasteiger partial charge is 0.660 e. The first-order valence-corrected chi connectivity index (χ1v) is 7.02. The summed E-state index contributed by atoms with van der Waals surface area (Å²) < 4.78 is 115. The fourth-order valence-electron chi connectivity index (χ4n) is 1.16. The van der Waals surface area contributed by atoms with Gasteiger partial charge in [0.05, 0.1) is 0 Å². The van der Waals surface area contributed by atoms with Crippen molar-refractivity contribution >= 4 is 24.8 Å². The molecule has 0 aromatic carbocycles. The number of nitrogens with one attached hydrogen (secondary N) is 3. The van der Waals surface area contributed by atoms with Crippen LogP contribution in [0.1, 0.15) is 0 Å². The minimum atomic E-state index is -3.08. The van der Waals surface area contributed by atoms with Crippen LogP contribution in [0.5, 0.6) is 0 Å². The third-order valence-corrected chi connectivity index (χ3v) is 1.85. The fraction of sp³-hybridized carbons (Fsp3) is 0.571. The van der Waals surface area contributed by atoms with E-state index in [9.17, 15) is 52.7 Å². The quantitative estimate of drug-likeness (QED) is 0.176. The van der Waals surface area contributed by atoms with Gasteiger partial charge in [-0.05, 0) is 13.1 Å². The molecule has 0 aliphatic carbocycles. The SMILES string of the molecule is C1CNCCNCCNCC[N-]1.Cl.Cl.F[C-](F)F.F[C-](F)F.F[C-](F)F.F[C-](F)F.[CH3-].[CH3-].[Ti]. The first-order chi connectivity index (χ1) is 12.9. The maximum absolute atomic E-state index is 9.58. The molecule has 1 fully saturated rings. The Morgan fingerprint density at radius 3 is 0.758 bits per heavy atom. The molecular formula is C14H27Cl2F12N4Ti-7.